The first-order chi connectivity index (χ1) is 9.50. The van der Waals surface area contributed by atoms with Gasteiger partial charge in [0.05, 0.1) is 12.3 Å². The summed E-state index contributed by atoms with van der Waals surface area (Å²) in [6, 6.07) is -0.962. The van der Waals surface area contributed by atoms with Gasteiger partial charge in [0.15, 0.2) is 0 Å². The van der Waals surface area contributed by atoms with Gasteiger partial charge in [-0.1, -0.05) is 5.16 Å². The fraction of sp³-hybridized carbons (Fsp3) is 0.615. The minimum Gasteiger partial charge on any atom is -0.480 e. The molecular formula is C13H18N2O5. The molecule has 7 nitrogen and oxygen atoms in total. The summed E-state index contributed by atoms with van der Waals surface area (Å²) in [5.74, 6) is -1.37. The van der Waals surface area contributed by atoms with E-state index >= 15 is 0 Å². The predicted octanol–water partition coefficient (Wildman–Crippen LogP) is 0.901. The molecule has 0 saturated carbocycles. The second kappa shape index (κ2) is 6.04. The van der Waals surface area contributed by atoms with Crippen LogP contribution in [0.3, 0.4) is 0 Å². The van der Waals surface area contributed by atoms with E-state index in [-0.39, 0.29) is 5.92 Å². The van der Waals surface area contributed by atoms with Crippen LogP contribution >= 0.6 is 0 Å². The Labute approximate surface area is 116 Å². The van der Waals surface area contributed by atoms with Crippen LogP contribution in [0.2, 0.25) is 0 Å². The standard InChI is InChI=1S/C13H18N2O5/c1-7-10(8(2)20-15-7)12(16)14-11(13(17)18)9-4-3-5-19-6-9/h9,11H,3-6H2,1-2H3,(H,14,16)(H,17,18). The van der Waals surface area contributed by atoms with Gasteiger partial charge < -0.3 is 19.7 Å². The zero-order chi connectivity index (χ0) is 14.7. The van der Waals surface area contributed by atoms with Gasteiger partial charge in [0.2, 0.25) is 0 Å². The molecule has 110 valence electrons. The van der Waals surface area contributed by atoms with Crippen LogP contribution in [0.1, 0.15) is 34.7 Å². The lowest BCUT2D eigenvalue weighted by Crippen LogP contribution is -2.48. The first-order valence-corrected chi connectivity index (χ1v) is 6.55. The SMILES string of the molecule is Cc1noc(C)c1C(=O)NC(C(=O)O)C1CCCOC1. The van der Waals surface area contributed by atoms with Crippen molar-refractivity contribution in [3.05, 3.63) is 17.0 Å². The lowest BCUT2D eigenvalue weighted by molar-refractivity contribution is -0.142. The summed E-state index contributed by atoms with van der Waals surface area (Å²) in [6.07, 6.45) is 1.52. The highest BCUT2D eigenvalue weighted by atomic mass is 16.5. The van der Waals surface area contributed by atoms with Crippen molar-refractivity contribution in [3.8, 4) is 0 Å². The number of carbonyl (C=O) groups excluding carboxylic acids is 1. The fourth-order valence-corrected chi connectivity index (χ4v) is 2.43. The summed E-state index contributed by atoms with van der Waals surface area (Å²) in [4.78, 5) is 23.6. The van der Waals surface area contributed by atoms with Crippen molar-refractivity contribution >= 4 is 11.9 Å². The Hall–Kier alpha value is -1.89. The Morgan fingerprint density at radius 2 is 2.20 bits per heavy atom. The van der Waals surface area contributed by atoms with Gasteiger partial charge in [0, 0.05) is 12.5 Å². The van der Waals surface area contributed by atoms with Crippen LogP contribution in [0.15, 0.2) is 4.52 Å². The number of carboxylic acids is 1. The fourth-order valence-electron chi connectivity index (χ4n) is 2.43. The molecule has 0 radical (unpaired) electrons. The van der Waals surface area contributed by atoms with E-state index in [0.29, 0.717) is 30.2 Å². The van der Waals surface area contributed by atoms with Gasteiger partial charge in [-0.05, 0) is 26.7 Å². The van der Waals surface area contributed by atoms with E-state index < -0.39 is 17.9 Å². The third kappa shape index (κ3) is 2.98. The van der Waals surface area contributed by atoms with Crippen molar-refractivity contribution < 1.29 is 24.0 Å². The van der Waals surface area contributed by atoms with Gasteiger partial charge >= 0.3 is 5.97 Å². The number of rotatable bonds is 4. The summed E-state index contributed by atoms with van der Waals surface area (Å²) >= 11 is 0. The summed E-state index contributed by atoms with van der Waals surface area (Å²) in [7, 11) is 0. The number of carboxylic acid groups (broad SMARTS) is 1. The van der Waals surface area contributed by atoms with Crippen molar-refractivity contribution in [2.24, 2.45) is 5.92 Å². The Balaban J connectivity index is 2.12. The molecule has 0 spiro atoms. The second-order valence-electron chi connectivity index (χ2n) is 4.97. The van der Waals surface area contributed by atoms with Crippen LogP contribution in [-0.4, -0.2) is 41.4 Å². The van der Waals surface area contributed by atoms with Crippen molar-refractivity contribution in [1.82, 2.24) is 10.5 Å². The number of aliphatic carboxylic acids is 1. The summed E-state index contributed by atoms with van der Waals surface area (Å²) < 4.78 is 10.2. The third-order valence-corrected chi connectivity index (χ3v) is 3.48. The van der Waals surface area contributed by atoms with Crippen LogP contribution in [0, 0.1) is 19.8 Å². The Morgan fingerprint density at radius 3 is 2.70 bits per heavy atom. The molecule has 2 heterocycles. The van der Waals surface area contributed by atoms with Crippen molar-refractivity contribution in [2.45, 2.75) is 32.7 Å². The summed E-state index contributed by atoms with van der Waals surface area (Å²) in [6.45, 7) is 4.25. The predicted molar refractivity (Wildman–Crippen MR) is 68.4 cm³/mol. The number of amides is 1. The molecule has 1 fully saturated rings. The lowest BCUT2D eigenvalue weighted by Gasteiger charge is -2.28. The molecule has 7 heteroatoms. The maximum absolute atomic E-state index is 12.2. The first kappa shape index (κ1) is 14.5. The average Bonchev–Trinajstić information content (AvgIpc) is 2.76. The van der Waals surface area contributed by atoms with Crippen LogP contribution in [0.5, 0.6) is 0 Å². The Bertz CT molecular complexity index is 485. The largest absolute Gasteiger partial charge is 0.480 e. The van der Waals surface area contributed by atoms with E-state index in [2.05, 4.69) is 10.5 Å². The molecule has 1 amide bonds. The van der Waals surface area contributed by atoms with E-state index in [1.54, 1.807) is 13.8 Å². The van der Waals surface area contributed by atoms with E-state index in [9.17, 15) is 14.7 Å². The molecule has 0 aliphatic carbocycles. The highest BCUT2D eigenvalue weighted by Crippen LogP contribution is 2.19. The van der Waals surface area contributed by atoms with E-state index in [0.717, 1.165) is 12.8 Å². The molecular weight excluding hydrogens is 264 g/mol. The van der Waals surface area contributed by atoms with Crippen molar-refractivity contribution in [2.75, 3.05) is 13.2 Å². The molecule has 2 N–H and O–H groups in total. The van der Waals surface area contributed by atoms with E-state index in [4.69, 9.17) is 9.26 Å². The minimum absolute atomic E-state index is 0.217. The number of carbonyl (C=O) groups is 2. The molecule has 1 aliphatic heterocycles. The highest BCUT2D eigenvalue weighted by Gasteiger charge is 2.32. The second-order valence-corrected chi connectivity index (χ2v) is 4.97. The van der Waals surface area contributed by atoms with E-state index in [1.165, 1.54) is 0 Å². The maximum atomic E-state index is 12.2. The molecule has 20 heavy (non-hydrogen) atoms. The van der Waals surface area contributed by atoms with Gasteiger partial charge in [-0.25, -0.2) is 4.79 Å². The molecule has 1 aromatic heterocycles. The Morgan fingerprint density at radius 1 is 1.45 bits per heavy atom. The topological polar surface area (TPSA) is 102 Å². The summed E-state index contributed by atoms with van der Waals surface area (Å²) in [5.41, 5.74) is 0.747. The quantitative estimate of drug-likeness (QED) is 0.850. The summed E-state index contributed by atoms with van der Waals surface area (Å²) in [5, 5.41) is 15.5. The van der Waals surface area contributed by atoms with Gasteiger partial charge in [-0.3, -0.25) is 4.79 Å². The number of hydrogen-bond acceptors (Lipinski definition) is 5. The number of aromatic nitrogens is 1. The zero-order valence-electron chi connectivity index (χ0n) is 11.5. The van der Waals surface area contributed by atoms with Gasteiger partial charge in [-0.2, -0.15) is 0 Å². The molecule has 0 bridgehead atoms. The smallest absolute Gasteiger partial charge is 0.326 e. The minimum atomic E-state index is -1.05. The number of nitrogens with zero attached hydrogens (tertiary/aromatic N) is 1. The normalized spacial score (nSPS) is 20.4. The van der Waals surface area contributed by atoms with Crippen LogP contribution in [-0.2, 0) is 9.53 Å². The number of hydrogen-bond donors (Lipinski definition) is 2. The van der Waals surface area contributed by atoms with E-state index in [1.807, 2.05) is 0 Å². The monoisotopic (exact) mass is 282 g/mol. The number of ether oxygens (including phenoxy) is 1. The zero-order valence-corrected chi connectivity index (χ0v) is 11.5. The van der Waals surface area contributed by atoms with Crippen LogP contribution in [0.25, 0.3) is 0 Å². The third-order valence-electron chi connectivity index (χ3n) is 3.48. The van der Waals surface area contributed by atoms with Gasteiger partial charge in [0.1, 0.15) is 17.4 Å². The molecule has 1 aliphatic rings. The molecule has 2 atom stereocenters. The van der Waals surface area contributed by atoms with Gasteiger partial charge in [-0.15, -0.1) is 0 Å². The maximum Gasteiger partial charge on any atom is 0.326 e. The average molecular weight is 282 g/mol. The lowest BCUT2D eigenvalue weighted by atomic mass is 9.93. The number of aryl methyl sites for hydroxylation is 2. The van der Waals surface area contributed by atoms with Crippen LogP contribution in [0.4, 0.5) is 0 Å². The Kier molecular flexibility index (Phi) is 4.39. The molecule has 0 aromatic carbocycles. The van der Waals surface area contributed by atoms with Gasteiger partial charge in [0.25, 0.3) is 5.91 Å². The first-order valence-electron chi connectivity index (χ1n) is 6.55. The molecule has 1 aromatic rings. The highest BCUT2D eigenvalue weighted by molar-refractivity contribution is 5.98. The van der Waals surface area contributed by atoms with Crippen LogP contribution < -0.4 is 5.32 Å². The van der Waals surface area contributed by atoms with Crippen molar-refractivity contribution in [1.29, 1.82) is 0 Å². The molecule has 2 rings (SSSR count). The molecule has 1 saturated heterocycles. The number of nitrogens with one attached hydrogen (secondary N) is 1. The van der Waals surface area contributed by atoms with Crippen molar-refractivity contribution in [3.63, 3.8) is 0 Å². The molecule has 2 unspecified atom stereocenters.